The minimum Gasteiger partial charge on any atom is -0.469 e. The molecule has 0 radical (unpaired) electrons. The minimum absolute atomic E-state index is 0.0881. The van der Waals surface area contributed by atoms with Gasteiger partial charge in [-0.25, -0.2) is 9.18 Å². The molecule has 1 aliphatic heterocycles. The van der Waals surface area contributed by atoms with Gasteiger partial charge in [-0.2, -0.15) is 0 Å². The summed E-state index contributed by atoms with van der Waals surface area (Å²) in [5.74, 6) is -0.993. The van der Waals surface area contributed by atoms with Crippen LogP contribution in [-0.4, -0.2) is 47.7 Å². The lowest BCUT2D eigenvalue weighted by Gasteiger charge is -2.39. The van der Waals surface area contributed by atoms with Crippen molar-refractivity contribution in [1.29, 1.82) is 0 Å². The van der Waals surface area contributed by atoms with Crippen LogP contribution in [0.3, 0.4) is 0 Å². The maximum Gasteiger partial charge on any atom is 0.410 e. The van der Waals surface area contributed by atoms with Crippen molar-refractivity contribution in [2.24, 2.45) is 5.41 Å². The molecule has 1 saturated heterocycles. The predicted molar refractivity (Wildman–Crippen MR) is 94.4 cm³/mol. The van der Waals surface area contributed by atoms with E-state index in [1.807, 2.05) is 0 Å². The fraction of sp³-hybridized carbons (Fsp3) is 0.611. The lowest BCUT2D eigenvalue weighted by atomic mass is 9.74. The average Bonchev–Trinajstić information content (AvgIpc) is 2.55. The number of likely N-dealkylation sites (tertiary alicyclic amines) is 1. The Morgan fingerprint density at radius 1 is 1.35 bits per heavy atom. The number of esters is 1. The molecule has 2 rings (SSSR count). The smallest absolute Gasteiger partial charge is 0.410 e. The SMILES string of the molecule is COC(=O)C1(Cc2ncc(Cl)cc2F)CCN(C(=O)OC(C)(C)C)CC1. The molecule has 2 heterocycles. The summed E-state index contributed by atoms with van der Waals surface area (Å²) in [6, 6.07) is 1.17. The molecule has 26 heavy (non-hydrogen) atoms. The standard InChI is InChI=1S/C18H24ClFN2O4/c1-17(2,3)26-16(24)22-7-5-18(6-8-22,15(23)25-4)10-14-13(20)9-12(19)11-21-14/h9,11H,5-8,10H2,1-4H3. The molecule has 1 fully saturated rings. The van der Waals surface area contributed by atoms with Crippen molar-refractivity contribution in [2.45, 2.75) is 45.6 Å². The maximum atomic E-state index is 14.1. The molecule has 0 unspecified atom stereocenters. The van der Waals surface area contributed by atoms with Gasteiger partial charge in [0.2, 0.25) is 0 Å². The Morgan fingerprint density at radius 3 is 2.46 bits per heavy atom. The second kappa shape index (κ2) is 7.78. The van der Waals surface area contributed by atoms with Crippen molar-refractivity contribution < 1.29 is 23.5 Å². The molecule has 0 aliphatic carbocycles. The molecular formula is C18H24ClFN2O4. The van der Waals surface area contributed by atoms with Crippen molar-refractivity contribution >= 4 is 23.7 Å². The van der Waals surface area contributed by atoms with Crippen molar-refractivity contribution in [1.82, 2.24) is 9.88 Å². The Balaban J connectivity index is 2.15. The maximum absolute atomic E-state index is 14.1. The molecule has 1 aromatic heterocycles. The molecule has 0 N–H and O–H groups in total. The molecule has 1 aromatic rings. The van der Waals surface area contributed by atoms with Gasteiger partial charge in [-0.15, -0.1) is 0 Å². The van der Waals surface area contributed by atoms with Gasteiger partial charge in [-0.05, 0) is 39.7 Å². The van der Waals surface area contributed by atoms with Gasteiger partial charge < -0.3 is 14.4 Å². The summed E-state index contributed by atoms with van der Waals surface area (Å²) < 4.78 is 24.5. The molecule has 0 bridgehead atoms. The first-order valence-corrected chi connectivity index (χ1v) is 8.80. The minimum atomic E-state index is -0.936. The zero-order valence-corrected chi connectivity index (χ0v) is 16.2. The average molecular weight is 387 g/mol. The molecule has 0 saturated carbocycles. The molecule has 0 aromatic carbocycles. The second-order valence-electron chi connectivity index (χ2n) is 7.50. The number of rotatable bonds is 3. The molecule has 8 heteroatoms. The summed E-state index contributed by atoms with van der Waals surface area (Å²) in [7, 11) is 1.30. The van der Waals surface area contributed by atoms with E-state index in [0.29, 0.717) is 25.9 Å². The van der Waals surface area contributed by atoms with Crippen molar-refractivity contribution in [3.8, 4) is 0 Å². The van der Waals surface area contributed by atoms with E-state index >= 15 is 0 Å². The summed E-state index contributed by atoms with van der Waals surface area (Å²) in [5.41, 5.74) is -1.37. The van der Waals surface area contributed by atoms with Gasteiger partial charge in [-0.1, -0.05) is 11.6 Å². The van der Waals surface area contributed by atoms with E-state index in [9.17, 15) is 14.0 Å². The lowest BCUT2D eigenvalue weighted by molar-refractivity contribution is -0.156. The third kappa shape index (κ3) is 4.84. The third-order valence-electron chi connectivity index (χ3n) is 4.38. The van der Waals surface area contributed by atoms with Crippen LogP contribution in [0.15, 0.2) is 12.3 Å². The quantitative estimate of drug-likeness (QED) is 0.742. The van der Waals surface area contributed by atoms with Crippen LogP contribution in [0.2, 0.25) is 5.02 Å². The predicted octanol–water partition coefficient (Wildman–Crippen LogP) is 3.61. The number of methoxy groups -OCH3 is 1. The number of aromatic nitrogens is 1. The summed E-state index contributed by atoms with van der Waals surface area (Å²) in [5, 5.41) is 0.193. The number of halogens is 2. The van der Waals surface area contributed by atoms with E-state index in [2.05, 4.69) is 4.98 Å². The first kappa shape index (κ1) is 20.4. The van der Waals surface area contributed by atoms with Crippen LogP contribution in [0.5, 0.6) is 0 Å². The van der Waals surface area contributed by atoms with E-state index in [0.717, 1.165) is 0 Å². The molecule has 1 amide bonds. The fourth-order valence-corrected chi connectivity index (χ4v) is 3.15. The van der Waals surface area contributed by atoms with Gasteiger partial charge in [0.05, 0.1) is 23.2 Å². The highest BCUT2D eigenvalue weighted by atomic mass is 35.5. The summed E-state index contributed by atoms with van der Waals surface area (Å²) >= 11 is 5.74. The Morgan fingerprint density at radius 2 is 1.96 bits per heavy atom. The van der Waals surface area contributed by atoms with Crippen molar-refractivity contribution in [3.63, 3.8) is 0 Å². The fourth-order valence-electron chi connectivity index (χ4n) is 3.01. The number of amides is 1. The Bertz CT molecular complexity index is 682. The number of nitrogens with zero attached hydrogens (tertiary/aromatic N) is 2. The van der Waals surface area contributed by atoms with E-state index in [4.69, 9.17) is 21.1 Å². The largest absolute Gasteiger partial charge is 0.469 e. The summed E-state index contributed by atoms with van der Waals surface area (Å²) in [6.07, 6.45) is 1.68. The lowest BCUT2D eigenvalue weighted by Crippen LogP contribution is -2.49. The van der Waals surface area contributed by atoms with E-state index in [-0.39, 0.29) is 17.1 Å². The van der Waals surface area contributed by atoms with Crippen LogP contribution in [0.25, 0.3) is 0 Å². The van der Waals surface area contributed by atoms with Gasteiger partial charge in [0.25, 0.3) is 0 Å². The highest BCUT2D eigenvalue weighted by Gasteiger charge is 2.44. The van der Waals surface area contributed by atoms with Crippen LogP contribution >= 0.6 is 11.6 Å². The van der Waals surface area contributed by atoms with Crippen molar-refractivity contribution in [3.05, 3.63) is 28.8 Å². The van der Waals surface area contributed by atoms with Crippen LogP contribution in [-0.2, 0) is 20.7 Å². The Kier molecular flexibility index (Phi) is 6.11. The molecule has 1 aliphatic rings. The molecule has 144 valence electrons. The topological polar surface area (TPSA) is 68.7 Å². The van der Waals surface area contributed by atoms with E-state index in [1.165, 1.54) is 19.4 Å². The van der Waals surface area contributed by atoms with Crippen molar-refractivity contribution in [2.75, 3.05) is 20.2 Å². The molecular weight excluding hydrogens is 363 g/mol. The number of carbonyl (C=O) groups excluding carboxylic acids is 2. The Labute approximate surface area is 157 Å². The van der Waals surface area contributed by atoms with Gasteiger partial charge in [0.1, 0.15) is 11.4 Å². The number of piperidine rings is 1. The highest BCUT2D eigenvalue weighted by molar-refractivity contribution is 6.30. The zero-order chi connectivity index (χ0) is 19.5. The number of hydrogen-bond donors (Lipinski definition) is 0. The Hall–Kier alpha value is -1.89. The third-order valence-corrected chi connectivity index (χ3v) is 4.59. The highest BCUT2D eigenvalue weighted by Crippen LogP contribution is 2.37. The van der Waals surface area contributed by atoms with E-state index in [1.54, 1.807) is 25.7 Å². The first-order valence-electron chi connectivity index (χ1n) is 8.42. The number of ether oxygens (including phenoxy) is 2. The van der Waals surface area contributed by atoms with Gasteiger partial charge in [0, 0.05) is 25.7 Å². The van der Waals surface area contributed by atoms with Crippen LogP contribution in [0.1, 0.15) is 39.3 Å². The van der Waals surface area contributed by atoms with Crippen LogP contribution in [0, 0.1) is 11.2 Å². The van der Waals surface area contributed by atoms with E-state index < -0.39 is 28.9 Å². The van der Waals surface area contributed by atoms with Gasteiger partial charge in [0.15, 0.2) is 0 Å². The van der Waals surface area contributed by atoms with Crippen LogP contribution < -0.4 is 0 Å². The molecule has 0 atom stereocenters. The number of pyridine rings is 1. The monoisotopic (exact) mass is 386 g/mol. The van der Waals surface area contributed by atoms with Gasteiger partial charge >= 0.3 is 12.1 Å². The second-order valence-corrected chi connectivity index (χ2v) is 7.93. The summed E-state index contributed by atoms with van der Waals surface area (Å²) in [4.78, 5) is 30.2. The first-order chi connectivity index (χ1) is 12.1. The summed E-state index contributed by atoms with van der Waals surface area (Å²) in [6.45, 7) is 6.02. The number of carbonyl (C=O) groups is 2. The molecule has 0 spiro atoms. The normalized spacial score (nSPS) is 16.9. The number of hydrogen-bond acceptors (Lipinski definition) is 5. The zero-order valence-electron chi connectivity index (χ0n) is 15.5. The molecule has 6 nitrogen and oxygen atoms in total. The van der Waals surface area contributed by atoms with Gasteiger partial charge in [-0.3, -0.25) is 9.78 Å². The van der Waals surface area contributed by atoms with Crippen LogP contribution in [0.4, 0.5) is 9.18 Å².